The molecule has 0 saturated heterocycles. The number of carbonyl (C=O) groups excluding carboxylic acids is 4. The first-order valence-corrected chi connectivity index (χ1v) is 8.84. The molecule has 7 heteroatoms. The molecule has 0 amide bonds. The number of aromatic amines is 1. The van der Waals surface area contributed by atoms with Crippen LogP contribution < -0.4 is 0 Å². The van der Waals surface area contributed by atoms with E-state index in [4.69, 9.17) is 4.74 Å². The number of aromatic nitrogens is 1. The van der Waals surface area contributed by atoms with Crippen molar-refractivity contribution < 1.29 is 28.3 Å². The van der Waals surface area contributed by atoms with Gasteiger partial charge in [0.05, 0.1) is 12.1 Å². The number of hydrogen-bond donors (Lipinski definition) is 1. The molecule has 0 aliphatic rings. The molecule has 2 aromatic rings. The molecule has 148 valence electrons. The Hall–Kier alpha value is -3.09. The predicted molar refractivity (Wildman–Crippen MR) is 100 cm³/mol. The van der Waals surface area contributed by atoms with E-state index in [-0.39, 0.29) is 30.1 Å². The van der Waals surface area contributed by atoms with E-state index in [0.717, 1.165) is 0 Å². The Labute approximate surface area is 162 Å². The Kier molecular flexibility index (Phi) is 6.62. The molecule has 1 aromatic carbocycles. The summed E-state index contributed by atoms with van der Waals surface area (Å²) < 4.78 is 18.0. The lowest BCUT2D eigenvalue weighted by Crippen LogP contribution is -2.25. The fourth-order valence-corrected chi connectivity index (χ4v) is 3.03. The van der Waals surface area contributed by atoms with E-state index >= 15 is 0 Å². The van der Waals surface area contributed by atoms with Gasteiger partial charge in [0.2, 0.25) is 5.78 Å². The fraction of sp³-hybridized carbons (Fsp3) is 0.333. The van der Waals surface area contributed by atoms with Crippen molar-refractivity contribution in [2.24, 2.45) is 0 Å². The number of ether oxygens (including phenoxy) is 1. The molecular formula is C21H22FNO5. The van der Waals surface area contributed by atoms with Gasteiger partial charge in [-0.15, -0.1) is 0 Å². The van der Waals surface area contributed by atoms with Crippen molar-refractivity contribution in [1.29, 1.82) is 0 Å². The highest BCUT2D eigenvalue weighted by Crippen LogP contribution is 2.20. The summed E-state index contributed by atoms with van der Waals surface area (Å²) in [5.41, 5.74) is 2.07. The standard InChI is InChI=1S/C21H22FNO5/c1-11-19(13(3)24)12(2)23-20(11)21(27)14(4)28-18(26)10-9-17(25)15-5-7-16(22)8-6-15/h5-8,14,23H,9-10H2,1-4H3. The number of carbonyl (C=O) groups is 4. The second-order valence-corrected chi connectivity index (χ2v) is 6.61. The van der Waals surface area contributed by atoms with E-state index in [1.165, 1.54) is 38.1 Å². The summed E-state index contributed by atoms with van der Waals surface area (Å²) in [5, 5.41) is 0. The molecule has 0 radical (unpaired) electrons. The van der Waals surface area contributed by atoms with Gasteiger partial charge in [0.15, 0.2) is 17.7 Å². The molecule has 0 bridgehead atoms. The molecule has 0 fully saturated rings. The van der Waals surface area contributed by atoms with Gasteiger partial charge >= 0.3 is 5.97 Å². The quantitative estimate of drug-likeness (QED) is 0.550. The highest BCUT2D eigenvalue weighted by molar-refractivity contribution is 6.05. The Morgan fingerprint density at radius 3 is 2.21 bits per heavy atom. The van der Waals surface area contributed by atoms with Crippen LogP contribution in [-0.2, 0) is 9.53 Å². The minimum atomic E-state index is -1.06. The Bertz CT molecular complexity index is 927. The van der Waals surface area contributed by atoms with Crippen LogP contribution in [0.25, 0.3) is 0 Å². The zero-order valence-corrected chi connectivity index (χ0v) is 16.2. The number of aryl methyl sites for hydroxylation is 1. The van der Waals surface area contributed by atoms with Gasteiger partial charge in [-0.05, 0) is 57.5 Å². The van der Waals surface area contributed by atoms with E-state index in [2.05, 4.69) is 4.98 Å². The van der Waals surface area contributed by atoms with Gasteiger partial charge in [0, 0.05) is 23.2 Å². The molecule has 0 aliphatic heterocycles. The van der Waals surface area contributed by atoms with Gasteiger partial charge in [-0.2, -0.15) is 0 Å². The summed E-state index contributed by atoms with van der Waals surface area (Å²) in [7, 11) is 0. The first-order valence-electron chi connectivity index (χ1n) is 8.84. The van der Waals surface area contributed by atoms with E-state index in [9.17, 15) is 23.6 Å². The number of hydrogen-bond acceptors (Lipinski definition) is 5. The van der Waals surface area contributed by atoms with Crippen molar-refractivity contribution in [3.8, 4) is 0 Å². The van der Waals surface area contributed by atoms with Crippen LogP contribution in [0, 0.1) is 19.7 Å². The molecular weight excluding hydrogens is 365 g/mol. The second-order valence-electron chi connectivity index (χ2n) is 6.61. The van der Waals surface area contributed by atoms with Gasteiger partial charge in [0.1, 0.15) is 5.82 Å². The normalized spacial score (nSPS) is 11.8. The topological polar surface area (TPSA) is 93.3 Å². The molecule has 1 unspecified atom stereocenters. The monoisotopic (exact) mass is 387 g/mol. The van der Waals surface area contributed by atoms with E-state index < -0.39 is 23.7 Å². The third kappa shape index (κ3) is 4.79. The SMILES string of the molecule is CC(=O)c1c(C)[nH]c(C(=O)C(C)OC(=O)CCC(=O)c2ccc(F)cc2)c1C. The molecule has 1 heterocycles. The van der Waals surface area contributed by atoms with E-state index in [1.807, 2.05) is 0 Å². The number of H-pyrrole nitrogens is 1. The molecule has 6 nitrogen and oxygen atoms in total. The first kappa shape index (κ1) is 21.2. The summed E-state index contributed by atoms with van der Waals surface area (Å²) in [6.07, 6.45) is -1.37. The highest BCUT2D eigenvalue weighted by atomic mass is 19.1. The lowest BCUT2D eigenvalue weighted by Gasteiger charge is -2.12. The summed E-state index contributed by atoms with van der Waals surface area (Å²) in [6, 6.07) is 5.03. The van der Waals surface area contributed by atoms with Crippen LogP contribution in [-0.4, -0.2) is 34.4 Å². The molecule has 1 atom stereocenters. The van der Waals surface area contributed by atoms with Crippen LogP contribution in [0.5, 0.6) is 0 Å². The van der Waals surface area contributed by atoms with Crippen LogP contribution in [0.15, 0.2) is 24.3 Å². The van der Waals surface area contributed by atoms with Gasteiger partial charge < -0.3 is 9.72 Å². The largest absolute Gasteiger partial charge is 0.454 e. The van der Waals surface area contributed by atoms with Crippen molar-refractivity contribution in [1.82, 2.24) is 4.98 Å². The van der Waals surface area contributed by atoms with Crippen LogP contribution in [0.1, 0.15) is 69.2 Å². The molecule has 0 aliphatic carbocycles. The average Bonchev–Trinajstić information content (AvgIpc) is 2.93. The van der Waals surface area contributed by atoms with Crippen molar-refractivity contribution >= 4 is 23.3 Å². The van der Waals surface area contributed by atoms with Gasteiger partial charge in [-0.3, -0.25) is 19.2 Å². The van der Waals surface area contributed by atoms with E-state index in [1.54, 1.807) is 13.8 Å². The number of Topliss-reactive ketones (excluding diaryl/α,β-unsaturated/α-hetero) is 3. The number of benzene rings is 1. The smallest absolute Gasteiger partial charge is 0.306 e. The summed E-state index contributed by atoms with van der Waals surface area (Å²) in [5.74, 6) is -2.08. The van der Waals surface area contributed by atoms with Crippen molar-refractivity contribution in [2.75, 3.05) is 0 Å². The summed E-state index contributed by atoms with van der Waals surface area (Å²) in [4.78, 5) is 51.1. The fourth-order valence-electron chi connectivity index (χ4n) is 3.03. The van der Waals surface area contributed by atoms with Gasteiger partial charge in [-0.25, -0.2) is 4.39 Å². The minimum Gasteiger partial charge on any atom is -0.454 e. The van der Waals surface area contributed by atoms with Crippen molar-refractivity contribution in [2.45, 2.75) is 46.6 Å². The van der Waals surface area contributed by atoms with E-state index in [0.29, 0.717) is 22.4 Å². The maximum atomic E-state index is 12.9. The third-order valence-corrected chi connectivity index (χ3v) is 4.44. The molecule has 28 heavy (non-hydrogen) atoms. The van der Waals surface area contributed by atoms with Crippen LogP contribution in [0.2, 0.25) is 0 Å². The number of esters is 1. The van der Waals surface area contributed by atoms with Crippen molar-refractivity contribution in [3.05, 3.63) is 58.2 Å². The summed E-state index contributed by atoms with van der Waals surface area (Å²) >= 11 is 0. The van der Waals surface area contributed by atoms with Crippen LogP contribution >= 0.6 is 0 Å². The van der Waals surface area contributed by atoms with Crippen molar-refractivity contribution in [3.63, 3.8) is 0 Å². The molecule has 2 rings (SSSR count). The lowest BCUT2D eigenvalue weighted by atomic mass is 10.0. The summed E-state index contributed by atoms with van der Waals surface area (Å²) in [6.45, 7) is 6.20. The molecule has 0 spiro atoms. The average molecular weight is 387 g/mol. The maximum Gasteiger partial charge on any atom is 0.306 e. The predicted octanol–water partition coefficient (Wildman–Crippen LogP) is 3.75. The first-order chi connectivity index (χ1) is 13.1. The second kappa shape index (κ2) is 8.73. The molecule has 1 aromatic heterocycles. The number of ketones is 3. The maximum absolute atomic E-state index is 12.9. The highest BCUT2D eigenvalue weighted by Gasteiger charge is 2.26. The zero-order chi connectivity index (χ0) is 21.0. The number of rotatable bonds is 8. The lowest BCUT2D eigenvalue weighted by molar-refractivity contribution is -0.146. The molecule has 0 saturated carbocycles. The Morgan fingerprint density at radius 1 is 1.07 bits per heavy atom. The van der Waals surface area contributed by atoms with Crippen LogP contribution in [0.4, 0.5) is 4.39 Å². The minimum absolute atomic E-state index is 0.111. The number of nitrogens with one attached hydrogen (secondary N) is 1. The zero-order valence-electron chi connectivity index (χ0n) is 16.2. The Morgan fingerprint density at radius 2 is 1.68 bits per heavy atom. The Balaban J connectivity index is 1.96. The van der Waals surface area contributed by atoms with Gasteiger partial charge in [0.25, 0.3) is 0 Å². The van der Waals surface area contributed by atoms with Crippen LogP contribution in [0.3, 0.4) is 0 Å². The number of halogens is 1. The van der Waals surface area contributed by atoms with Gasteiger partial charge in [-0.1, -0.05) is 0 Å². The molecule has 1 N–H and O–H groups in total. The third-order valence-electron chi connectivity index (χ3n) is 4.44.